The Labute approximate surface area is 105 Å². The highest BCUT2D eigenvalue weighted by Gasteiger charge is 2.16. The van der Waals surface area contributed by atoms with Gasteiger partial charge >= 0.3 is 0 Å². The third-order valence-corrected chi connectivity index (χ3v) is 3.18. The van der Waals surface area contributed by atoms with Gasteiger partial charge in [-0.15, -0.1) is 0 Å². The Kier molecular flexibility index (Phi) is 4.57. The van der Waals surface area contributed by atoms with Crippen molar-refractivity contribution in [2.45, 2.75) is 20.8 Å². The first-order valence-electron chi connectivity index (χ1n) is 5.07. The summed E-state index contributed by atoms with van der Waals surface area (Å²) >= 11 is 2.23. The van der Waals surface area contributed by atoms with E-state index < -0.39 is 0 Å². The molecule has 1 aromatic carbocycles. The third-order valence-electron chi connectivity index (χ3n) is 2.51. The lowest BCUT2D eigenvalue weighted by molar-refractivity contribution is -0.120. The van der Waals surface area contributed by atoms with Gasteiger partial charge in [-0.05, 0) is 46.7 Å². The van der Waals surface area contributed by atoms with Gasteiger partial charge < -0.3 is 5.32 Å². The number of carbonyl (C=O) groups excluding carboxylic acids is 1. The molecule has 0 aromatic heterocycles. The molecule has 0 aliphatic heterocycles. The summed E-state index contributed by atoms with van der Waals surface area (Å²) in [6, 6.07) is 7.82. The zero-order valence-electron chi connectivity index (χ0n) is 9.25. The van der Waals surface area contributed by atoms with Gasteiger partial charge in [0.05, 0.1) is 0 Å². The topological polar surface area (TPSA) is 29.1 Å². The lowest BCUT2D eigenvalue weighted by Crippen LogP contribution is -2.24. The predicted molar refractivity (Wildman–Crippen MR) is 71.8 cm³/mol. The van der Waals surface area contributed by atoms with Gasteiger partial charge in [0.2, 0.25) is 5.91 Å². The second-order valence-electron chi connectivity index (χ2n) is 4.03. The van der Waals surface area contributed by atoms with E-state index in [1.807, 2.05) is 31.2 Å². The molecule has 0 radical (unpaired) electrons. The monoisotopic (exact) mass is 317 g/mol. The number of nitrogens with one attached hydrogen (secondary N) is 1. The van der Waals surface area contributed by atoms with Crippen molar-refractivity contribution in [2.75, 3.05) is 5.32 Å². The van der Waals surface area contributed by atoms with Crippen LogP contribution in [0.25, 0.3) is 0 Å². The van der Waals surface area contributed by atoms with Crippen LogP contribution in [0.4, 0.5) is 5.69 Å². The highest BCUT2D eigenvalue weighted by molar-refractivity contribution is 14.1. The van der Waals surface area contributed by atoms with Gasteiger partial charge in [0.25, 0.3) is 0 Å². The first-order valence-corrected chi connectivity index (χ1v) is 6.15. The molecule has 1 N–H and O–H groups in total. The van der Waals surface area contributed by atoms with Crippen molar-refractivity contribution >= 4 is 34.2 Å². The molecule has 0 heterocycles. The Morgan fingerprint density at radius 3 is 2.53 bits per heavy atom. The average Bonchev–Trinajstić information content (AvgIpc) is 2.16. The van der Waals surface area contributed by atoms with Crippen LogP contribution in [0.3, 0.4) is 0 Å². The normalized spacial score (nSPS) is 12.6. The van der Waals surface area contributed by atoms with Crippen LogP contribution in [0.5, 0.6) is 0 Å². The first-order chi connectivity index (χ1) is 7.00. The summed E-state index contributed by atoms with van der Waals surface area (Å²) < 4.78 is 1.13. The molecule has 1 unspecified atom stereocenters. The summed E-state index contributed by atoms with van der Waals surface area (Å²) in [5.41, 5.74) is 0.874. The van der Waals surface area contributed by atoms with E-state index in [4.69, 9.17) is 0 Å². The molecule has 0 saturated heterocycles. The lowest BCUT2D eigenvalue weighted by Gasteiger charge is -2.15. The molecule has 2 nitrogen and oxygen atoms in total. The van der Waals surface area contributed by atoms with Gasteiger partial charge in [0.15, 0.2) is 0 Å². The number of rotatable bonds is 3. The molecule has 0 aliphatic rings. The minimum atomic E-state index is 0.0443. The van der Waals surface area contributed by atoms with Crippen LogP contribution in [0, 0.1) is 15.4 Å². The van der Waals surface area contributed by atoms with Gasteiger partial charge in [-0.1, -0.05) is 26.8 Å². The number of halogens is 1. The molecule has 3 heteroatoms. The Morgan fingerprint density at radius 1 is 1.33 bits per heavy atom. The van der Waals surface area contributed by atoms with E-state index >= 15 is 0 Å². The van der Waals surface area contributed by atoms with Crippen LogP contribution < -0.4 is 5.32 Å². The molecule has 0 fully saturated rings. The van der Waals surface area contributed by atoms with Crippen LogP contribution in [0.2, 0.25) is 0 Å². The van der Waals surface area contributed by atoms with E-state index in [-0.39, 0.29) is 11.8 Å². The minimum Gasteiger partial charge on any atom is -0.326 e. The zero-order valence-corrected chi connectivity index (χ0v) is 11.4. The Morgan fingerprint density at radius 2 is 2.00 bits per heavy atom. The van der Waals surface area contributed by atoms with Gasteiger partial charge in [-0.25, -0.2) is 0 Å². The Balaban J connectivity index is 2.66. The SMILES string of the molecule is CC(C)C(C)C(=O)Nc1cccc(I)c1. The number of hydrogen-bond donors (Lipinski definition) is 1. The second-order valence-corrected chi connectivity index (χ2v) is 5.28. The average molecular weight is 317 g/mol. The fraction of sp³-hybridized carbons (Fsp3) is 0.417. The van der Waals surface area contributed by atoms with Gasteiger partial charge in [-0.2, -0.15) is 0 Å². The molecule has 82 valence electrons. The lowest BCUT2D eigenvalue weighted by atomic mass is 9.97. The maximum absolute atomic E-state index is 11.8. The quantitative estimate of drug-likeness (QED) is 0.849. The van der Waals surface area contributed by atoms with E-state index in [0.717, 1.165) is 9.26 Å². The van der Waals surface area contributed by atoms with Gasteiger partial charge in [0, 0.05) is 15.2 Å². The maximum atomic E-state index is 11.8. The number of carbonyl (C=O) groups is 1. The Hall–Kier alpha value is -0.580. The van der Waals surface area contributed by atoms with E-state index in [0.29, 0.717) is 5.92 Å². The second kappa shape index (κ2) is 5.49. The number of benzene rings is 1. The summed E-state index contributed by atoms with van der Waals surface area (Å²) in [5, 5.41) is 2.92. The predicted octanol–water partition coefficient (Wildman–Crippen LogP) is 3.52. The van der Waals surface area contributed by atoms with Crippen LogP contribution in [0.1, 0.15) is 20.8 Å². The molecule has 1 aromatic rings. The van der Waals surface area contributed by atoms with Crippen molar-refractivity contribution in [1.82, 2.24) is 0 Å². The van der Waals surface area contributed by atoms with E-state index in [1.54, 1.807) is 0 Å². The molecule has 0 spiro atoms. The van der Waals surface area contributed by atoms with Gasteiger partial charge in [0.1, 0.15) is 0 Å². The number of hydrogen-bond acceptors (Lipinski definition) is 1. The summed E-state index contributed by atoms with van der Waals surface area (Å²) in [5.74, 6) is 0.502. The van der Waals surface area contributed by atoms with Crippen molar-refractivity contribution in [1.29, 1.82) is 0 Å². The number of anilines is 1. The van der Waals surface area contributed by atoms with Gasteiger partial charge in [-0.3, -0.25) is 4.79 Å². The summed E-state index contributed by atoms with van der Waals surface area (Å²) in [6.07, 6.45) is 0. The first kappa shape index (κ1) is 12.5. The molecule has 0 aliphatic carbocycles. The molecule has 1 amide bonds. The fourth-order valence-corrected chi connectivity index (χ4v) is 1.67. The highest BCUT2D eigenvalue weighted by Crippen LogP contribution is 2.16. The van der Waals surface area contributed by atoms with E-state index in [2.05, 4.69) is 41.8 Å². The molecule has 1 rings (SSSR count). The summed E-state index contributed by atoms with van der Waals surface area (Å²) in [4.78, 5) is 11.8. The molecular weight excluding hydrogens is 301 g/mol. The fourth-order valence-electron chi connectivity index (χ4n) is 1.13. The standard InChI is InChI=1S/C12H16INO/c1-8(2)9(3)12(15)14-11-6-4-5-10(13)7-11/h4-9H,1-3H3,(H,14,15). The van der Waals surface area contributed by atoms with Crippen LogP contribution in [0.15, 0.2) is 24.3 Å². The van der Waals surface area contributed by atoms with Crippen molar-refractivity contribution in [3.63, 3.8) is 0 Å². The zero-order chi connectivity index (χ0) is 11.4. The smallest absolute Gasteiger partial charge is 0.227 e. The molecule has 1 atom stereocenters. The van der Waals surface area contributed by atoms with Crippen molar-refractivity contribution in [3.05, 3.63) is 27.8 Å². The van der Waals surface area contributed by atoms with E-state index in [1.165, 1.54) is 0 Å². The van der Waals surface area contributed by atoms with Crippen LogP contribution in [-0.2, 0) is 4.79 Å². The van der Waals surface area contributed by atoms with Crippen molar-refractivity contribution in [3.8, 4) is 0 Å². The molecular formula is C12H16INO. The van der Waals surface area contributed by atoms with Crippen LogP contribution in [-0.4, -0.2) is 5.91 Å². The summed E-state index contributed by atoms with van der Waals surface area (Å²) in [6.45, 7) is 6.06. The molecule has 0 saturated carbocycles. The highest BCUT2D eigenvalue weighted by atomic mass is 127. The molecule has 15 heavy (non-hydrogen) atoms. The Bertz CT molecular complexity index is 349. The largest absolute Gasteiger partial charge is 0.326 e. The van der Waals surface area contributed by atoms with E-state index in [9.17, 15) is 4.79 Å². The van der Waals surface area contributed by atoms with Crippen molar-refractivity contribution in [2.24, 2.45) is 11.8 Å². The van der Waals surface area contributed by atoms with Crippen molar-refractivity contribution < 1.29 is 4.79 Å². The number of amides is 1. The minimum absolute atomic E-state index is 0.0443. The van der Waals surface area contributed by atoms with Crippen LogP contribution >= 0.6 is 22.6 Å². The third kappa shape index (κ3) is 3.81. The summed E-state index contributed by atoms with van der Waals surface area (Å²) in [7, 11) is 0. The molecule has 0 bridgehead atoms. The maximum Gasteiger partial charge on any atom is 0.227 e.